The van der Waals surface area contributed by atoms with Crippen LogP contribution in [0.5, 0.6) is 5.75 Å². The normalized spacial score (nSPS) is 13.5. The first-order valence-electron chi connectivity index (χ1n) is 8.42. The molecule has 0 saturated carbocycles. The summed E-state index contributed by atoms with van der Waals surface area (Å²) >= 11 is 0. The molecule has 1 aromatic heterocycles. The van der Waals surface area contributed by atoms with E-state index < -0.39 is 5.60 Å². The molecular weight excluding hydrogens is 304 g/mol. The second-order valence-electron chi connectivity index (χ2n) is 5.96. The van der Waals surface area contributed by atoms with E-state index in [0.29, 0.717) is 18.7 Å². The lowest BCUT2D eigenvalue weighted by atomic mass is 10.0. The molecule has 1 N–H and O–H groups in total. The van der Waals surface area contributed by atoms with Gasteiger partial charge in [0, 0.05) is 18.7 Å². The van der Waals surface area contributed by atoms with E-state index in [0.717, 1.165) is 29.5 Å². The molecule has 1 atom stereocenters. The summed E-state index contributed by atoms with van der Waals surface area (Å²) in [5.41, 5.74) is 0.606. The Bertz CT molecular complexity index is 696. The highest BCUT2D eigenvalue weighted by Gasteiger charge is 2.31. The van der Waals surface area contributed by atoms with E-state index in [9.17, 15) is 4.79 Å². The van der Waals surface area contributed by atoms with Gasteiger partial charge in [-0.2, -0.15) is 0 Å². The molecule has 1 aromatic carbocycles. The lowest BCUT2D eigenvalue weighted by Gasteiger charge is -2.25. The lowest BCUT2D eigenvalue weighted by Crippen LogP contribution is -2.41. The average molecular weight is 330 g/mol. The first-order valence-corrected chi connectivity index (χ1v) is 8.42. The van der Waals surface area contributed by atoms with Gasteiger partial charge in [0.05, 0.1) is 12.3 Å². The number of nitrogens with one attached hydrogen (secondary N) is 1. The summed E-state index contributed by atoms with van der Waals surface area (Å²) in [6, 6.07) is 7.50. The van der Waals surface area contributed by atoms with E-state index in [4.69, 9.17) is 9.47 Å². The molecule has 0 radical (unpaired) electrons. The number of aromatic nitrogens is 1. The maximum Gasteiger partial charge on any atom is 0.256 e. The molecule has 130 valence electrons. The number of carbonyl (C=O) groups is 1. The third-order valence-corrected chi connectivity index (χ3v) is 4.34. The van der Waals surface area contributed by atoms with Crippen molar-refractivity contribution in [3.63, 3.8) is 0 Å². The van der Waals surface area contributed by atoms with Crippen LogP contribution in [0.4, 0.5) is 5.69 Å². The largest absolute Gasteiger partial charge is 0.491 e. The molecule has 1 heterocycles. The molecule has 0 fully saturated rings. The van der Waals surface area contributed by atoms with E-state index in [1.54, 1.807) is 20.2 Å². The van der Waals surface area contributed by atoms with Gasteiger partial charge in [-0.25, -0.2) is 0 Å². The van der Waals surface area contributed by atoms with Gasteiger partial charge >= 0.3 is 0 Å². The lowest BCUT2D eigenvalue weighted by molar-refractivity contribution is -0.136. The van der Waals surface area contributed by atoms with Crippen LogP contribution in [0.1, 0.15) is 40.0 Å². The minimum absolute atomic E-state index is 0.169. The van der Waals surface area contributed by atoms with Crippen LogP contribution < -0.4 is 10.1 Å². The number of methoxy groups -OCH3 is 1. The van der Waals surface area contributed by atoms with Crippen molar-refractivity contribution in [1.82, 2.24) is 4.98 Å². The Balaban J connectivity index is 2.32. The summed E-state index contributed by atoms with van der Waals surface area (Å²) in [5.74, 6) is 0.569. The van der Waals surface area contributed by atoms with Gasteiger partial charge in [-0.3, -0.25) is 9.78 Å². The Morgan fingerprint density at radius 1 is 1.29 bits per heavy atom. The number of ether oxygens (including phenoxy) is 2. The molecule has 1 unspecified atom stereocenters. The Kier molecular flexibility index (Phi) is 6.15. The van der Waals surface area contributed by atoms with Crippen LogP contribution in [0, 0.1) is 0 Å². The fourth-order valence-electron chi connectivity index (χ4n) is 2.35. The fourth-order valence-corrected chi connectivity index (χ4v) is 2.35. The number of amides is 1. The van der Waals surface area contributed by atoms with E-state index in [1.165, 1.54) is 0 Å². The minimum Gasteiger partial charge on any atom is -0.491 e. The van der Waals surface area contributed by atoms with Crippen molar-refractivity contribution < 1.29 is 14.3 Å². The third kappa shape index (κ3) is 3.85. The fraction of sp³-hybridized carbons (Fsp3) is 0.474. The van der Waals surface area contributed by atoms with Crippen LogP contribution in [0.2, 0.25) is 0 Å². The number of rotatable bonds is 8. The second-order valence-corrected chi connectivity index (χ2v) is 5.96. The molecular formula is C19H26N2O3. The molecule has 0 saturated heterocycles. The van der Waals surface area contributed by atoms with Gasteiger partial charge in [-0.1, -0.05) is 20.3 Å². The zero-order chi connectivity index (χ0) is 17.6. The molecule has 1 amide bonds. The summed E-state index contributed by atoms with van der Waals surface area (Å²) in [7, 11) is 1.55. The predicted molar refractivity (Wildman–Crippen MR) is 96.5 cm³/mol. The van der Waals surface area contributed by atoms with Crippen LogP contribution in [0.25, 0.3) is 10.9 Å². The van der Waals surface area contributed by atoms with Crippen molar-refractivity contribution in [2.45, 2.75) is 45.6 Å². The summed E-state index contributed by atoms with van der Waals surface area (Å²) < 4.78 is 11.2. The Morgan fingerprint density at radius 3 is 2.75 bits per heavy atom. The minimum atomic E-state index is -0.856. The zero-order valence-electron chi connectivity index (χ0n) is 14.9. The van der Waals surface area contributed by atoms with Crippen molar-refractivity contribution in [1.29, 1.82) is 0 Å². The van der Waals surface area contributed by atoms with Gasteiger partial charge < -0.3 is 14.8 Å². The molecule has 5 nitrogen and oxygen atoms in total. The average Bonchev–Trinajstić information content (AvgIpc) is 2.62. The molecule has 0 aliphatic rings. The van der Waals surface area contributed by atoms with Crippen molar-refractivity contribution >= 4 is 22.5 Å². The standard InChI is InChI=1S/C19H26N2O3/c1-5-7-13-24-16-11-10-15(14-9-8-12-20-17(14)16)21-18(22)19(3,6-2)23-4/h8-12H,5-7,13H2,1-4H3,(H,21,22). The maximum atomic E-state index is 12.5. The van der Waals surface area contributed by atoms with E-state index in [2.05, 4.69) is 17.2 Å². The SMILES string of the molecule is CCCCOc1ccc(NC(=O)C(C)(CC)OC)c2cccnc12. The first kappa shape index (κ1) is 18.2. The van der Waals surface area contributed by atoms with Crippen LogP contribution in [0.15, 0.2) is 30.5 Å². The van der Waals surface area contributed by atoms with Crippen molar-refractivity contribution in [2.75, 3.05) is 19.0 Å². The monoisotopic (exact) mass is 330 g/mol. The van der Waals surface area contributed by atoms with E-state index in [-0.39, 0.29) is 5.91 Å². The van der Waals surface area contributed by atoms with Gasteiger partial charge in [-0.15, -0.1) is 0 Å². The van der Waals surface area contributed by atoms with Crippen molar-refractivity contribution in [3.05, 3.63) is 30.5 Å². The zero-order valence-corrected chi connectivity index (χ0v) is 14.9. The van der Waals surface area contributed by atoms with Gasteiger partial charge in [0.15, 0.2) is 0 Å². The molecule has 2 aromatic rings. The molecule has 0 aliphatic heterocycles. The van der Waals surface area contributed by atoms with Crippen molar-refractivity contribution in [3.8, 4) is 5.75 Å². The number of benzene rings is 1. The quantitative estimate of drug-likeness (QED) is 0.738. The Morgan fingerprint density at radius 2 is 2.08 bits per heavy atom. The summed E-state index contributed by atoms with van der Waals surface area (Å²) in [4.78, 5) is 17.0. The number of anilines is 1. The summed E-state index contributed by atoms with van der Waals surface area (Å²) in [6.45, 7) is 6.49. The second kappa shape index (κ2) is 8.11. The number of unbranched alkanes of at least 4 members (excludes halogenated alkanes) is 1. The van der Waals surface area contributed by atoms with E-state index in [1.807, 2.05) is 31.2 Å². The predicted octanol–water partition coefficient (Wildman–Crippen LogP) is 4.17. The van der Waals surface area contributed by atoms with Gasteiger partial charge in [0.2, 0.25) is 0 Å². The number of fused-ring (bicyclic) bond motifs is 1. The Labute approximate surface area is 143 Å². The first-order chi connectivity index (χ1) is 11.6. The van der Waals surface area contributed by atoms with E-state index >= 15 is 0 Å². The van der Waals surface area contributed by atoms with Crippen LogP contribution in [-0.4, -0.2) is 30.2 Å². The topological polar surface area (TPSA) is 60.5 Å². The van der Waals surface area contributed by atoms with Crippen LogP contribution in [0.3, 0.4) is 0 Å². The van der Waals surface area contributed by atoms with Crippen molar-refractivity contribution in [2.24, 2.45) is 0 Å². The highest BCUT2D eigenvalue weighted by atomic mass is 16.5. The number of hydrogen-bond acceptors (Lipinski definition) is 4. The molecule has 0 bridgehead atoms. The maximum absolute atomic E-state index is 12.5. The van der Waals surface area contributed by atoms with Crippen LogP contribution >= 0.6 is 0 Å². The van der Waals surface area contributed by atoms with Gasteiger partial charge in [-0.05, 0) is 44.0 Å². The molecule has 5 heteroatoms. The highest BCUT2D eigenvalue weighted by Crippen LogP contribution is 2.31. The highest BCUT2D eigenvalue weighted by molar-refractivity contribution is 6.05. The Hall–Kier alpha value is -2.14. The molecule has 24 heavy (non-hydrogen) atoms. The van der Waals surface area contributed by atoms with Gasteiger partial charge in [0.1, 0.15) is 16.9 Å². The van der Waals surface area contributed by atoms with Gasteiger partial charge in [0.25, 0.3) is 5.91 Å². The number of nitrogens with zero attached hydrogens (tertiary/aromatic N) is 1. The third-order valence-electron chi connectivity index (χ3n) is 4.34. The van der Waals surface area contributed by atoms with Crippen LogP contribution in [-0.2, 0) is 9.53 Å². The summed E-state index contributed by atoms with van der Waals surface area (Å²) in [5, 5.41) is 3.82. The number of carbonyl (C=O) groups excluding carboxylic acids is 1. The number of pyridine rings is 1. The molecule has 0 aliphatic carbocycles. The smallest absolute Gasteiger partial charge is 0.256 e. The summed E-state index contributed by atoms with van der Waals surface area (Å²) in [6.07, 6.45) is 4.39. The molecule has 2 rings (SSSR count). The molecule has 0 spiro atoms. The number of hydrogen-bond donors (Lipinski definition) is 1.